The number of piperazine rings is 1. The van der Waals surface area contributed by atoms with Crippen LogP contribution in [0.4, 0.5) is 11.4 Å². The molecular formula is C19H23N3O2. The number of carbonyl (C=O) groups excluding carboxylic acids is 1. The molecule has 2 atom stereocenters. The Bertz CT molecular complexity index is 688. The SMILES string of the molecule is CN1CCN(c2ccc(NC(=O)C3CC3c3ccco3)cc2)CC1. The van der Waals surface area contributed by atoms with E-state index in [2.05, 4.69) is 34.3 Å². The molecule has 0 spiro atoms. The molecule has 5 heteroatoms. The molecule has 2 heterocycles. The highest BCUT2D eigenvalue weighted by Crippen LogP contribution is 2.48. The smallest absolute Gasteiger partial charge is 0.228 e. The Morgan fingerprint density at radius 3 is 2.54 bits per heavy atom. The minimum absolute atomic E-state index is 0.0356. The highest BCUT2D eigenvalue weighted by Gasteiger charge is 2.45. The number of anilines is 2. The number of rotatable bonds is 4. The largest absolute Gasteiger partial charge is 0.469 e. The van der Waals surface area contributed by atoms with E-state index >= 15 is 0 Å². The van der Waals surface area contributed by atoms with Crippen LogP contribution in [0.3, 0.4) is 0 Å². The molecule has 1 aromatic heterocycles. The zero-order chi connectivity index (χ0) is 16.5. The van der Waals surface area contributed by atoms with Crippen LogP contribution in [0.15, 0.2) is 47.1 Å². The van der Waals surface area contributed by atoms with Gasteiger partial charge in [0, 0.05) is 49.4 Å². The molecule has 0 bridgehead atoms. The molecule has 5 nitrogen and oxygen atoms in total. The average Bonchev–Trinajstić information content (AvgIpc) is 3.22. The van der Waals surface area contributed by atoms with Crippen molar-refractivity contribution in [2.24, 2.45) is 5.92 Å². The van der Waals surface area contributed by atoms with E-state index < -0.39 is 0 Å². The third kappa shape index (κ3) is 3.17. The molecule has 2 aromatic rings. The molecule has 1 amide bonds. The Morgan fingerprint density at radius 2 is 1.88 bits per heavy atom. The number of benzene rings is 1. The van der Waals surface area contributed by atoms with Gasteiger partial charge in [0.2, 0.25) is 5.91 Å². The Balaban J connectivity index is 1.33. The summed E-state index contributed by atoms with van der Waals surface area (Å²) < 4.78 is 5.39. The molecular weight excluding hydrogens is 302 g/mol. The van der Waals surface area contributed by atoms with Gasteiger partial charge in [-0.1, -0.05) is 0 Å². The van der Waals surface area contributed by atoms with Gasteiger partial charge in [-0.2, -0.15) is 0 Å². The molecule has 1 N–H and O–H groups in total. The topological polar surface area (TPSA) is 48.7 Å². The lowest BCUT2D eigenvalue weighted by Crippen LogP contribution is -2.44. The molecule has 1 aliphatic heterocycles. The van der Waals surface area contributed by atoms with E-state index in [9.17, 15) is 4.79 Å². The first kappa shape index (κ1) is 15.3. The van der Waals surface area contributed by atoms with E-state index in [4.69, 9.17) is 4.42 Å². The van der Waals surface area contributed by atoms with E-state index in [1.54, 1.807) is 6.26 Å². The van der Waals surface area contributed by atoms with E-state index in [0.29, 0.717) is 0 Å². The zero-order valence-electron chi connectivity index (χ0n) is 13.9. The van der Waals surface area contributed by atoms with Crippen molar-refractivity contribution in [2.45, 2.75) is 12.3 Å². The fraction of sp³-hybridized carbons (Fsp3) is 0.421. The predicted molar refractivity (Wildman–Crippen MR) is 94.3 cm³/mol. The summed E-state index contributed by atoms with van der Waals surface area (Å²) in [5.41, 5.74) is 2.09. The predicted octanol–water partition coefficient (Wildman–Crippen LogP) is 2.77. The minimum atomic E-state index is 0.0356. The van der Waals surface area contributed by atoms with Crippen LogP contribution in [0, 0.1) is 5.92 Å². The van der Waals surface area contributed by atoms with Crippen molar-refractivity contribution < 1.29 is 9.21 Å². The molecule has 4 rings (SSSR count). The maximum Gasteiger partial charge on any atom is 0.228 e. The lowest BCUT2D eigenvalue weighted by atomic mass is 10.2. The fourth-order valence-electron chi connectivity index (χ4n) is 3.36. The Labute approximate surface area is 142 Å². The third-order valence-corrected chi connectivity index (χ3v) is 5.04. The van der Waals surface area contributed by atoms with Crippen molar-refractivity contribution in [2.75, 3.05) is 43.4 Å². The second-order valence-corrected chi connectivity index (χ2v) is 6.79. The normalized spacial score (nSPS) is 24.0. The standard InChI is InChI=1S/C19H23N3O2/c1-21-8-10-22(11-9-21)15-6-4-14(5-7-15)20-19(23)17-13-16(17)18-3-2-12-24-18/h2-7,12,16-17H,8-11,13H2,1H3,(H,20,23). The van der Waals surface area contributed by atoms with Gasteiger partial charge in [-0.25, -0.2) is 0 Å². The summed E-state index contributed by atoms with van der Waals surface area (Å²) in [6.07, 6.45) is 2.54. The van der Waals surface area contributed by atoms with Gasteiger partial charge in [-0.3, -0.25) is 4.79 Å². The molecule has 24 heavy (non-hydrogen) atoms. The summed E-state index contributed by atoms with van der Waals surface area (Å²) in [7, 11) is 2.16. The Kier molecular flexibility index (Phi) is 4.02. The first-order valence-electron chi connectivity index (χ1n) is 8.58. The summed E-state index contributed by atoms with van der Waals surface area (Å²) in [5.74, 6) is 1.28. The van der Waals surface area contributed by atoms with Crippen LogP contribution in [-0.4, -0.2) is 44.0 Å². The van der Waals surface area contributed by atoms with Crippen LogP contribution >= 0.6 is 0 Å². The second kappa shape index (κ2) is 6.32. The first-order chi connectivity index (χ1) is 11.7. The van der Waals surface area contributed by atoms with Crippen LogP contribution < -0.4 is 10.2 Å². The maximum absolute atomic E-state index is 12.3. The summed E-state index contributed by atoms with van der Waals surface area (Å²) in [5, 5.41) is 3.03. The number of likely N-dealkylation sites (N-methyl/N-ethyl adjacent to an activating group) is 1. The molecule has 2 fully saturated rings. The van der Waals surface area contributed by atoms with Gasteiger partial charge in [-0.15, -0.1) is 0 Å². The molecule has 2 aliphatic rings. The van der Waals surface area contributed by atoms with Gasteiger partial charge in [0.25, 0.3) is 0 Å². The molecule has 2 unspecified atom stereocenters. The van der Waals surface area contributed by atoms with Gasteiger partial charge in [0.1, 0.15) is 5.76 Å². The minimum Gasteiger partial charge on any atom is -0.469 e. The lowest BCUT2D eigenvalue weighted by molar-refractivity contribution is -0.117. The van der Waals surface area contributed by atoms with E-state index in [-0.39, 0.29) is 17.7 Å². The molecule has 1 aromatic carbocycles. The monoisotopic (exact) mass is 325 g/mol. The summed E-state index contributed by atoms with van der Waals surface area (Å²) in [6, 6.07) is 12.0. The number of amides is 1. The fourth-order valence-corrected chi connectivity index (χ4v) is 3.36. The molecule has 126 valence electrons. The van der Waals surface area contributed by atoms with Gasteiger partial charge >= 0.3 is 0 Å². The molecule has 0 radical (unpaired) electrons. The summed E-state index contributed by atoms with van der Waals surface area (Å²) >= 11 is 0. The molecule has 1 saturated heterocycles. The van der Waals surface area contributed by atoms with E-state index in [0.717, 1.165) is 44.0 Å². The zero-order valence-corrected chi connectivity index (χ0v) is 13.9. The van der Waals surface area contributed by atoms with Crippen molar-refractivity contribution in [3.8, 4) is 0 Å². The maximum atomic E-state index is 12.3. The van der Waals surface area contributed by atoms with Crippen LogP contribution in [0.1, 0.15) is 18.1 Å². The second-order valence-electron chi connectivity index (χ2n) is 6.79. The van der Waals surface area contributed by atoms with E-state index in [1.807, 2.05) is 24.3 Å². The van der Waals surface area contributed by atoms with Crippen LogP contribution in [-0.2, 0) is 4.79 Å². The van der Waals surface area contributed by atoms with Gasteiger partial charge in [0.15, 0.2) is 0 Å². The van der Waals surface area contributed by atoms with Gasteiger partial charge in [0.05, 0.1) is 6.26 Å². The van der Waals surface area contributed by atoms with Crippen molar-refractivity contribution in [3.63, 3.8) is 0 Å². The van der Waals surface area contributed by atoms with Gasteiger partial charge < -0.3 is 19.5 Å². The molecule has 1 aliphatic carbocycles. The summed E-state index contributed by atoms with van der Waals surface area (Å²) in [6.45, 7) is 4.28. The molecule has 1 saturated carbocycles. The van der Waals surface area contributed by atoms with Crippen molar-refractivity contribution in [1.82, 2.24) is 4.90 Å². The number of nitrogens with one attached hydrogen (secondary N) is 1. The first-order valence-corrected chi connectivity index (χ1v) is 8.58. The highest BCUT2D eigenvalue weighted by molar-refractivity contribution is 5.95. The van der Waals surface area contributed by atoms with E-state index in [1.165, 1.54) is 5.69 Å². The van der Waals surface area contributed by atoms with Crippen molar-refractivity contribution in [3.05, 3.63) is 48.4 Å². The number of furan rings is 1. The van der Waals surface area contributed by atoms with Gasteiger partial charge in [-0.05, 0) is 49.9 Å². The average molecular weight is 325 g/mol. The van der Waals surface area contributed by atoms with Crippen LogP contribution in [0.2, 0.25) is 0 Å². The van der Waals surface area contributed by atoms with Crippen LogP contribution in [0.5, 0.6) is 0 Å². The quantitative estimate of drug-likeness (QED) is 0.939. The number of hydrogen-bond donors (Lipinski definition) is 1. The number of carbonyl (C=O) groups is 1. The highest BCUT2D eigenvalue weighted by atomic mass is 16.3. The van der Waals surface area contributed by atoms with Crippen molar-refractivity contribution >= 4 is 17.3 Å². The lowest BCUT2D eigenvalue weighted by Gasteiger charge is -2.34. The summed E-state index contributed by atoms with van der Waals surface area (Å²) in [4.78, 5) is 17.1. The Morgan fingerprint density at radius 1 is 1.12 bits per heavy atom. The van der Waals surface area contributed by atoms with Crippen molar-refractivity contribution in [1.29, 1.82) is 0 Å². The third-order valence-electron chi connectivity index (χ3n) is 5.04. The number of hydrogen-bond acceptors (Lipinski definition) is 4. The number of nitrogens with zero attached hydrogens (tertiary/aromatic N) is 2. The van der Waals surface area contributed by atoms with Crippen LogP contribution in [0.25, 0.3) is 0 Å². The Hall–Kier alpha value is -2.27.